The molecule has 0 aromatic carbocycles. The summed E-state index contributed by atoms with van der Waals surface area (Å²) in [6.45, 7) is 8.12. The minimum atomic E-state index is 0.251. The van der Waals surface area contributed by atoms with Crippen LogP contribution in [-0.2, 0) is 13.6 Å². The van der Waals surface area contributed by atoms with Crippen LogP contribution in [0.4, 0.5) is 5.82 Å². The molecule has 2 aliphatic rings. The number of aliphatic hydroxyl groups is 1. The minimum absolute atomic E-state index is 0.251. The maximum absolute atomic E-state index is 9.04. The van der Waals surface area contributed by atoms with Crippen molar-refractivity contribution in [2.45, 2.75) is 32.4 Å². The molecule has 3 rings (SSSR count). The number of aliphatic hydroxyl groups excluding tert-OH is 1. The zero-order valence-electron chi connectivity index (χ0n) is 13.2. The number of hydrogen-bond acceptors (Lipinski definition) is 5. The molecule has 2 heterocycles. The van der Waals surface area contributed by atoms with Gasteiger partial charge in [-0.3, -0.25) is 9.58 Å². The molecule has 1 aliphatic heterocycles. The fourth-order valence-corrected chi connectivity index (χ4v) is 3.15. The Balaban J connectivity index is 1.68. The average Bonchev–Trinajstić information content (AvgIpc) is 3.24. The van der Waals surface area contributed by atoms with E-state index in [1.165, 1.54) is 24.2 Å². The van der Waals surface area contributed by atoms with Gasteiger partial charge in [0, 0.05) is 57.9 Å². The van der Waals surface area contributed by atoms with E-state index in [0.717, 1.165) is 51.0 Å². The van der Waals surface area contributed by atoms with Crippen LogP contribution in [-0.4, -0.2) is 65.2 Å². The largest absolute Gasteiger partial charge is 0.395 e. The van der Waals surface area contributed by atoms with Crippen molar-refractivity contribution in [3.8, 4) is 0 Å². The first-order valence-corrected chi connectivity index (χ1v) is 8.03. The first kappa shape index (κ1) is 14.8. The number of nitrogens with one attached hydrogen (secondary N) is 1. The third-order valence-corrected chi connectivity index (χ3v) is 4.55. The van der Waals surface area contributed by atoms with Gasteiger partial charge < -0.3 is 15.3 Å². The predicted molar refractivity (Wildman–Crippen MR) is 83.5 cm³/mol. The van der Waals surface area contributed by atoms with Crippen molar-refractivity contribution in [1.82, 2.24) is 20.0 Å². The topological polar surface area (TPSA) is 56.6 Å². The highest BCUT2D eigenvalue weighted by atomic mass is 16.3. The first-order chi connectivity index (χ1) is 10.2. The Morgan fingerprint density at radius 3 is 2.57 bits per heavy atom. The van der Waals surface area contributed by atoms with E-state index >= 15 is 0 Å². The summed E-state index contributed by atoms with van der Waals surface area (Å²) < 4.78 is 2.03. The van der Waals surface area contributed by atoms with E-state index < -0.39 is 0 Å². The van der Waals surface area contributed by atoms with Crippen molar-refractivity contribution in [2.24, 2.45) is 7.05 Å². The number of nitrogens with zero attached hydrogens (tertiary/aromatic N) is 4. The summed E-state index contributed by atoms with van der Waals surface area (Å²) in [6, 6.07) is 0.721. The van der Waals surface area contributed by atoms with Crippen molar-refractivity contribution in [2.75, 3.05) is 44.2 Å². The highest BCUT2D eigenvalue weighted by Gasteiger charge is 2.25. The average molecular weight is 293 g/mol. The number of hydrogen-bond donors (Lipinski definition) is 2. The monoisotopic (exact) mass is 293 g/mol. The third kappa shape index (κ3) is 3.39. The summed E-state index contributed by atoms with van der Waals surface area (Å²) >= 11 is 0. The van der Waals surface area contributed by atoms with Crippen LogP contribution in [0, 0.1) is 6.92 Å². The second-order valence-electron chi connectivity index (χ2n) is 6.22. The molecule has 21 heavy (non-hydrogen) atoms. The SMILES string of the molecule is Cc1nn(C)c(N2CCN(CCO)CC2)c1CNC1CC1. The molecule has 6 heteroatoms. The smallest absolute Gasteiger partial charge is 0.131 e. The molecule has 1 saturated carbocycles. The molecule has 1 aliphatic carbocycles. The van der Waals surface area contributed by atoms with E-state index in [9.17, 15) is 0 Å². The number of aromatic nitrogens is 2. The number of β-amino-alcohol motifs (C(OH)–C–C–N with tert-alkyl or cyclic N) is 1. The summed E-state index contributed by atoms with van der Waals surface area (Å²) in [4.78, 5) is 4.76. The Bertz CT molecular complexity index is 475. The summed E-state index contributed by atoms with van der Waals surface area (Å²) in [6.07, 6.45) is 2.63. The lowest BCUT2D eigenvalue weighted by atomic mass is 10.2. The Morgan fingerprint density at radius 2 is 1.95 bits per heavy atom. The molecule has 1 saturated heterocycles. The summed E-state index contributed by atoms with van der Waals surface area (Å²) in [5.41, 5.74) is 2.48. The highest BCUT2D eigenvalue weighted by molar-refractivity contribution is 5.50. The van der Waals surface area contributed by atoms with Crippen molar-refractivity contribution < 1.29 is 5.11 Å². The number of aryl methyl sites for hydroxylation is 2. The van der Waals surface area contributed by atoms with E-state index in [1.54, 1.807) is 0 Å². The molecule has 0 unspecified atom stereocenters. The Labute approximate surface area is 126 Å². The van der Waals surface area contributed by atoms with Crippen LogP contribution in [0.25, 0.3) is 0 Å². The fourth-order valence-electron chi connectivity index (χ4n) is 3.15. The third-order valence-electron chi connectivity index (χ3n) is 4.55. The van der Waals surface area contributed by atoms with Crippen LogP contribution in [0.15, 0.2) is 0 Å². The number of anilines is 1. The van der Waals surface area contributed by atoms with Gasteiger partial charge in [-0.05, 0) is 19.8 Å². The highest BCUT2D eigenvalue weighted by Crippen LogP contribution is 2.26. The van der Waals surface area contributed by atoms with Gasteiger partial charge in [0.25, 0.3) is 0 Å². The van der Waals surface area contributed by atoms with Crippen molar-refractivity contribution in [3.05, 3.63) is 11.3 Å². The molecule has 0 amide bonds. The Hall–Kier alpha value is -1.11. The van der Waals surface area contributed by atoms with Gasteiger partial charge >= 0.3 is 0 Å². The zero-order chi connectivity index (χ0) is 14.8. The van der Waals surface area contributed by atoms with E-state index in [2.05, 4.69) is 27.1 Å². The van der Waals surface area contributed by atoms with Crippen LogP contribution >= 0.6 is 0 Å². The molecular formula is C15H27N5O. The van der Waals surface area contributed by atoms with E-state index in [-0.39, 0.29) is 6.61 Å². The maximum Gasteiger partial charge on any atom is 0.131 e. The molecule has 0 radical (unpaired) electrons. The van der Waals surface area contributed by atoms with Gasteiger partial charge in [-0.1, -0.05) is 0 Å². The molecule has 2 N–H and O–H groups in total. The normalized spacial score (nSPS) is 20.2. The van der Waals surface area contributed by atoms with Crippen molar-refractivity contribution >= 4 is 5.82 Å². The molecule has 1 aromatic heterocycles. The lowest BCUT2D eigenvalue weighted by Gasteiger charge is -2.36. The number of piperazine rings is 1. The van der Waals surface area contributed by atoms with E-state index in [4.69, 9.17) is 5.11 Å². The van der Waals surface area contributed by atoms with Crippen LogP contribution in [0.3, 0.4) is 0 Å². The maximum atomic E-state index is 9.04. The molecule has 2 fully saturated rings. The lowest BCUT2D eigenvalue weighted by Crippen LogP contribution is -2.48. The Morgan fingerprint density at radius 1 is 1.24 bits per heavy atom. The number of rotatable bonds is 6. The summed E-state index contributed by atoms with van der Waals surface area (Å²) in [7, 11) is 2.04. The summed E-state index contributed by atoms with van der Waals surface area (Å²) in [5, 5.41) is 17.3. The molecule has 1 aromatic rings. The summed E-state index contributed by atoms with van der Waals surface area (Å²) in [5.74, 6) is 1.27. The fraction of sp³-hybridized carbons (Fsp3) is 0.800. The molecule has 6 nitrogen and oxygen atoms in total. The van der Waals surface area contributed by atoms with Gasteiger partial charge in [-0.15, -0.1) is 0 Å². The quantitative estimate of drug-likeness (QED) is 0.779. The first-order valence-electron chi connectivity index (χ1n) is 8.03. The van der Waals surface area contributed by atoms with Gasteiger partial charge in [0.05, 0.1) is 12.3 Å². The molecule has 0 bridgehead atoms. The van der Waals surface area contributed by atoms with Crippen LogP contribution < -0.4 is 10.2 Å². The van der Waals surface area contributed by atoms with Crippen molar-refractivity contribution in [3.63, 3.8) is 0 Å². The molecule has 0 atom stereocenters. The molecule has 0 spiro atoms. The van der Waals surface area contributed by atoms with Gasteiger partial charge in [0.2, 0.25) is 0 Å². The zero-order valence-corrected chi connectivity index (χ0v) is 13.2. The Kier molecular flexibility index (Phi) is 4.47. The molecular weight excluding hydrogens is 266 g/mol. The minimum Gasteiger partial charge on any atom is -0.395 e. The predicted octanol–water partition coefficient (Wildman–Crippen LogP) is 0.0948. The van der Waals surface area contributed by atoms with Gasteiger partial charge in [-0.25, -0.2) is 0 Å². The van der Waals surface area contributed by atoms with Crippen LogP contribution in [0.1, 0.15) is 24.1 Å². The molecule has 118 valence electrons. The van der Waals surface area contributed by atoms with Gasteiger partial charge in [0.1, 0.15) is 5.82 Å². The van der Waals surface area contributed by atoms with E-state index in [0.29, 0.717) is 0 Å². The van der Waals surface area contributed by atoms with Crippen LogP contribution in [0.2, 0.25) is 0 Å². The lowest BCUT2D eigenvalue weighted by molar-refractivity contribution is 0.188. The van der Waals surface area contributed by atoms with Gasteiger partial charge in [-0.2, -0.15) is 5.10 Å². The van der Waals surface area contributed by atoms with Crippen molar-refractivity contribution in [1.29, 1.82) is 0 Å². The standard InChI is InChI=1S/C15H27N5O/c1-12-14(11-16-13-3-4-13)15(18(2)17-12)20-7-5-19(6-8-20)9-10-21/h13,16,21H,3-11H2,1-2H3. The second-order valence-corrected chi connectivity index (χ2v) is 6.22. The second kappa shape index (κ2) is 6.34. The van der Waals surface area contributed by atoms with E-state index in [1.807, 2.05) is 11.7 Å². The van der Waals surface area contributed by atoms with Gasteiger partial charge in [0.15, 0.2) is 0 Å². The van der Waals surface area contributed by atoms with Crippen LogP contribution in [0.5, 0.6) is 0 Å².